The second kappa shape index (κ2) is 6.66. The van der Waals surface area contributed by atoms with E-state index in [-0.39, 0.29) is 11.5 Å². The van der Waals surface area contributed by atoms with Crippen molar-refractivity contribution in [1.82, 2.24) is 0 Å². The molecule has 2 aliphatic carbocycles. The Kier molecular flexibility index (Phi) is 4.29. The van der Waals surface area contributed by atoms with Gasteiger partial charge < -0.3 is 10.8 Å². The number of rotatable bonds is 1. The first-order valence-electron chi connectivity index (χ1n) is 10.3. The highest BCUT2D eigenvalue weighted by Gasteiger charge is 2.60. The van der Waals surface area contributed by atoms with Crippen molar-refractivity contribution in [3.8, 4) is 17.2 Å². The van der Waals surface area contributed by atoms with E-state index < -0.39 is 5.66 Å². The number of hydrogen-bond acceptors (Lipinski definition) is 5. The van der Waals surface area contributed by atoms with Crippen LogP contribution < -0.4 is 5.73 Å². The maximum absolute atomic E-state index is 10.1. The van der Waals surface area contributed by atoms with Crippen LogP contribution in [0, 0.1) is 16.7 Å². The Balaban J connectivity index is 1.68. The van der Waals surface area contributed by atoms with Crippen LogP contribution in [0.4, 0.5) is 0 Å². The van der Waals surface area contributed by atoms with Crippen LogP contribution in [-0.2, 0) is 12.1 Å². The molecule has 2 aromatic rings. The number of nitrogens with zero attached hydrogens (tertiary/aromatic N) is 3. The minimum atomic E-state index is -0.733. The molecular formula is C24H23ClN4O. The SMILES string of the molecule is CC1=N[C@@]2(N=C1N)c1cc(-c3cc(Cl)cc(C#N)c3)ccc1C[C@]21CC[C@@H](O)CC1. The van der Waals surface area contributed by atoms with Gasteiger partial charge in [-0.3, -0.25) is 4.99 Å². The van der Waals surface area contributed by atoms with Gasteiger partial charge in [-0.1, -0.05) is 23.7 Å². The molecule has 2 aromatic carbocycles. The van der Waals surface area contributed by atoms with E-state index >= 15 is 0 Å². The van der Waals surface area contributed by atoms with Crippen molar-refractivity contribution in [2.45, 2.75) is 50.8 Å². The van der Waals surface area contributed by atoms with Crippen LogP contribution >= 0.6 is 11.6 Å². The molecule has 1 heterocycles. The zero-order chi connectivity index (χ0) is 21.1. The number of halogens is 1. The maximum Gasteiger partial charge on any atom is 0.184 e. The summed E-state index contributed by atoms with van der Waals surface area (Å²) in [6.45, 7) is 1.91. The highest BCUT2D eigenvalue weighted by atomic mass is 35.5. The van der Waals surface area contributed by atoms with E-state index in [2.05, 4.69) is 24.3 Å². The number of nitrogens with two attached hydrogens (primary N) is 1. The minimum Gasteiger partial charge on any atom is -0.393 e. The average Bonchev–Trinajstić information content (AvgIpc) is 3.17. The molecule has 0 bridgehead atoms. The first-order chi connectivity index (χ1) is 14.4. The lowest BCUT2D eigenvalue weighted by Crippen LogP contribution is -2.43. The summed E-state index contributed by atoms with van der Waals surface area (Å²) in [7, 11) is 0. The average molecular weight is 419 g/mol. The monoisotopic (exact) mass is 418 g/mol. The molecule has 3 aliphatic rings. The molecule has 1 fully saturated rings. The van der Waals surface area contributed by atoms with Crippen molar-refractivity contribution in [2.24, 2.45) is 21.1 Å². The summed E-state index contributed by atoms with van der Waals surface area (Å²) in [5.74, 6) is 0.494. The molecule has 0 saturated heterocycles. The molecule has 5 rings (SSSR count). The topological polar surface area (TPSA) is 94.8 Å². The van der Waals surface area contributed by atoms with Crippen LogP contribution in [0.2, 0.25) is 5.02 Å². The Morgan fingerprint density at radius 1 is 1.13 bits per heavy atom. The Bertz CT molecular complexity index is 1130. The van der Waals surface area contributed by atoms with Crippen LogP contribution in [0.1, 0.15) is 49.3 Å². The van der Waals surface area contributed by atoms with Gasteiger partial charge in [0.2, 0.25) is 0 Å². The van der Waals surface area contributed by atoms with E-state index in [1.165, 1.54) is 5.56 Å². The molecule has 0 amide bonds. The lowest BCUT2D eigenvalue weighted by atomic mass is 9.65. The zero-order valence-corrected chi connectivity index (χ0v) is 17.6. The number of benzene rings is 2. The molecule has 0 unspecified atom stereocenters. The van der Waals surface area contributed by atoms with Crippen molar-refractivity contribution in [2.75, 3.05) is 0 Å². The standard InChI is InChI=1S/C24H23ClN4O/c1-14-22(27)29-24(28-14)21-11-16(18-8-15(13-26)9-19(25)10-18)2-3-17(21)12-23(24)6-4-20(30)5-7-23/h2-3,8-11,20,30H,4-7,12H2,1H3,(H2,27,29)/t20-,23-,24-/m1/s1. The van der Waals surface area contributed by atoms with Gasteiger partial charge in [0.05, 0.1) is 23.4 Å². The third-order valence-corrected chi connectivity index (χ3v) is 7.23. The molecule has 5 nitrogen and oxygen atoms in total. The fraction of sp³-hybridized carbons (Fsp3) is 0.375. The van der Waals surface area contributed by atoms with Gasteiger partial charge in [0.1, 0.15) is 5.84 Å². The number of aliphatic hydroxyl groups excluding tert-OH is 1. The van der Waals surface area contributed by atoms with E-state index in [1.54, 1.807) is 6.07 Å². The van der Waals surface area contributed by atoms with Gasteiger partial charge in [0.15, 0.2) is 5.66 Å². The van der Waals surface area contributed by atoms with E-state index in [0.29, 0.717) is 16.4 Å². The number of aliphatic imine (C=N–C) groups is 2. The third-order valence-electron chi connectivity index (χ3n) is 7.01. The summed E-state index contributed by atoms with van der Waals surface area (Å²) in [5, 5.41) is 20.0. The van der Waals surface area contributed by atoms with Crippen LogP contribution in [0.15, 0.2) is 46.4 Å². The summed E-state index contributed by atoms with van der Waals surface area (Å²) in [6.07, 6.45) is 3.86. The molecule has 152 valence electrons. The second-order valence-electron chi connectivity index (χ2n) is 8.77. The summed E-state index contributed by atoms with van der Waals surface area (Å²) in [5.41, 5.74) is 10.8. The molecule has 0 radical (unpaired) electrons. The van der Waals surface area contributed by atoms with Gasteiger partial charge in [-0.05, 0) is 80.0 Å². The Morgan fingerprint density at radius 2 is 1.90 bits per heavy atom. The highest BCUT2D eigenvalue weighted by molar-refractivity contribution is 6.41. The largest absolute Gasteiger partial charge is 0.393 e. The fourth-order valence-electron chi connectivity index (χ4n) is 5.45. The maximum atomic E-state index is 10.1. The van der Waals surface area contributed by atoms with Crippen molar-refractivity contribution < 1.29 is 5.11 Å². The second-order valence-corrected chi connectivity index (χ2v) is 9.20. The number of nitriles is 1. The Morgan fingerprint density at radius 3 is 2.57 bits per heavy atom. The molecule has 1 aliphatic heterocycles. The summed E-state index contributed by atoms with van der Waals surface area (Å²) < 4.78 is 0. The number of amidine groups is 1. The molecule has 1 atom stereocenters. The first kappa shape index (κ1) is 19.3. The molecular weight excluding hydrogens is 396 g/mol. The van der Waals surface area contributed by atoms with E-state index in [1.807, 2.05) is 19.1 Å². The molecule has 2 spiro atoms. The molecule has 30 heavy (non-hydrogen) atoms. The Labute approximate surface area is 180 Å². The van der Waals surface area contributed by atoms with Crippen molar-refractivity contribution >= 4 is 23.1 Å². The zero-order valence-electron chi connectivity index (χ0n) is 16.8. The van der Waals surface area contributed by atoms with E-state index in [9.17, 15) is 10.4 Å². The smallest absolute Gasteiger partial charge is 0.184 e. The lowest BCUT2D eigenvalue weighted by Gasteiger charge is -2.44. The number of aliphatic hydroxyl groups is 1. The normalized spacial score (nSPS) is 29.6. The number of hydrogen-bond donors (Lipinski definition) is 2. The molecule has 1 saturated carbocycles. The highest BCUT2D eigenvalue weighted by Crippen LogP contribution is 2.61. The van der Waals surface area contributed by atoms with Crippen molar-refractivity contribution in [3.63, 3.8) is 0 Å². The number of fused-ring (bicyclic) bond motifs is 3. The van der Waals surface area contributed by atoms with Crippen LogP contribution in [0.3, 0.4) is 0 Å². The van der Waals surface area contributed by atoms with Gasteiger partial charge in [-0.25, -0.2) is 4.99 Å². The predicted octanol–water partition coefficient (Wildman–Crippen LogP) is 4.34. The van der Waals surface area contributed by atoms with Crippen LogP contribution in [0.5, 0.6) is 0 Å². The predicted molar refractivity (Wildman–Crippen MR) is 119 cm³/mol. The van der Waals surface area contributed by atoms with Gasteiger partial charge >= 0.3 is 0 Å². The van der Waals surface area contributed by atoms with Crippen molar-refractivity contribution in [1.29, 1.82) is 5.26 Å². The third kappa shape index (κ3) is 2.71. The lowest BCUT2D eigenvalue weighted by molar-refractivity contribution is 0.0233. The van der Waals surface area contributed by atoms with Crippen LogP contribution in [-0.4, -0.2) is 22.8 Å². The summed E-state index contributed by atoms with van der Waals surface area (Å²) in [6, 6.07) is 13.9. The van der Waals surface area contributed by atoms with Gasteiger partial charge in [-0.2, -0.15) is 5.26 Å². The molecule has 6 heteroatoms. The minimum absolute atomic E-state index is 0.165. The summed E-state index contributed by atoms with van der Waals surface area (Å²) >= 11 is 6.25. The van der Waals surface area contributed by atoms with Gasteiger partial charge in [0, 0.05) is 16.0 Å². The first-order valence-corrected chi connectivity index (χ1v) is 10.7. The quantitative estimate of drug-likeness (QED) is 0.721. The van der Waals surface area contributed by atoms with Crippen molar-refractivity contribution in [3.05, 3.63) is 58.1 Å². The van der Waals surface area contributed by atoms with Crippen LogP contribution in [0.25, 0.3) is 11.1 Å². The Hall–Kier alpha value is -2.68. The van der Waals surface area contributed by atoms with E-state index in [4.69, 9.17) is 27.3 Å². The molecule has 0 aromatic heterocycles. The molecule has 3 N–H and O–H groups in total. The van der Waals surface area contributed by atoms with E-state index in [0.717, 1.165) is 54.5 Å². The van der Waals surface area contributed by atoms with Gasteiger partial charge in [-0.15, -0.1) is 0 Å². The summed E-state index contributed by atoms with van der Waals surface area (Å²) in [4.78, 5) is 10.0. The van der Waals surface area contributed by atoms with Gasteiger partial charge in [0.25, 0.3) is 0 Å². The fourth-order valence-corrected chi connectivity index (χ4v) is 5.68.